The Labute approximate surface area is 181 Å². The van der Waals surface area contributed by atoms with Crippen LogP contribution >= 0.6 is 0 Å². The fraction of sp³-hybridized carbons (Fsp3) is 0.375. The van der Waals surface area contributed by atoms with E-state index in [1.807, 2.05) is 43.3 Å². The van der Waals surface area contributed by atoms with Gasteiger partial charge in [0.15, 0.2) is 0 Å². The Bertz CT molecular complexity index is 913. The lowest BCUT2D eigenvalue weighted by atomic mass is 9.98. The second-order valence-electron chi connectivity index (χ2n) is 7.78. The highest BCUT2D eigenvalue weighted by Crippen LogP contribution is 2.44. The molecular formula is C24H28N2O5. The summed E-state index contributed by atoms with van der Waals surface area (Å²) >= 11 is 0. The van der Waals surface area contributed by atoms with E-state index in [2.05, 4.69) is 22.8 Å². The van der Waals surface area contributed by atoms with Gasteiger partial charge >= 0.3 is 12.1 Å². The largest absolute Gasteiger partial charge is 0.481 e. The van der Waals surface area contributed by atoms with Gasteiger partial charge in [-0.15, -0.1) is 0 Å². The smallest absolute Gasteiger partial charge is 0.407 e. The third-order valence-electron chi connectivity index (χ3n) is 5.48. The number of fused-ring (bicyclic) bond motifs is 3. The number of nitrogens with one attached hydrogen (secondary N) is 2. The molecule has 0 aromatic heterocycles. The Morgan fingerprint density at radius 3 is 2.13 bits per heavy atom. The van der Waals surface area contributed by atoms with Crippen LogP contribution in [0, 0.1) is 0 Å². The number of benzene rings is 2. The van der Waals surface area contributed by atoms with Crippen LogP contribution in [0.15, 0.2) is 48.5 Å². The van der Waals surface area contributed by atoms with Crippen molar-refractivity contribution in [3.8, 4) is 11.1 Å². The van der Waals surface area contributed by atoms with E-state index < -0.39 is 30.1 Å². The molecule has 0 heterocycles. The van der Waals surface area contributed by atoms with Crippen molar-refractivity contribution in [1.82, 2.24) is 10.6 Å². The van der Waals surface area contributed by atoms with E-state index >= 15 is 0 Å². The predicted octanol–water partition coefficient (Wildman–Crippen LogP) is 3.67. The molecule has 7 nitrogen and oxygen atoms in total. The molecule has 3 N–H and O–H groups in total. The SMILES string of the molecule is CCCC(CC(=O)O)NC(=O)[C@@H](C)NC(=O)OCC1c2ccccc2-c2ccccc21. The molecule has 0 aliphatic heterocycles. The molecule has 3 rings (SSSR count). The standard InChI is InChI=1S/C24H28N2O5/c1-3-8-16(13-22(27)28)26-23(29)15(2)25-24(30)31-14-21-19-11-6-4-9-17(19)18-10-5-7-12-20(18)21/h4-7,9-12,15-16,21H,3,8,13-14H2,1-2H3,(H,25,30)(H,26,29)(H,27,28)/t15-,16?/m1/s1. The maximum Gasteiger partial charge on any atom is 0.407 e. The van der Waals surface area contributed by atoms with E-state index in [0.717, 1.165) is 28.7 Å². The van der Waals surface area contributed by atoms with E-state index in [1.54, 1.807) is 6.92 Å². The lowest BCUT2D eigenvalue weighted by Gasteiger charge is -2.20. The summed E-state index contributed by atoms with van der Waals surface area (Å²) in [5.41, 5.74) is 4.50. The minimum atomic E-state index is -0.976. The van der Waals surface area contributed by atoms with Crippen LogP contribution in [0.1, 0.15) is 50.2 Å². The van der Waals surface area contributed by atoms with Gasteiger partial charge in [-0.25, -0.2) is 4.79 Å². The average molecular weight is 424 g/mol. The number of hydrogen-bond donors (Lipinski definition) is 3. The Morgan fingerprint density at radius 1 is 1.00 bits per heavy atom. The lowest BCUT2D eigenvalue weighted by Crippen LogP contribution is -2.48. The number of rotatable bonds is 9. The maximum atomic E-state index is 12.4. The summed E-state index contributed by atoms with van der Waals surface area (Å²) in [5.74, 6) is -1.48. The van der Waals surface area contributed by atoms with Gasteiger partial charge in [-0.05, 0) is 35.6 Å². The number of carbonyl (C=O) groups excluding carboxylic acids is 2. The van der Waals surface area contributed by atoms with E-state index in [4.69, 9.17) is 9.84 Å². The van der Waals surface area contributed by atoms with Gasteiger partial charge in [0.1, 0.15) is 12.6 Å². The van der Waals surface area contributed by atoms with E-state index in [1.165, 1.54) is 0 Å². The summed E-state index contributed by atoms with van der Waals surface area (Å²) in [6.07, 6.45) is 0.453. The van der Waals surface area contributed by atoms with Crippen molar-refractivity contribution in [3.63, 3.8) is 0 Å². The zero-order chi connectivity index (χ0) is 22.4. The van der Waals surface area contributed by atoms with E-state index in [9.17, 15) is 14.4 Å². The fourth-order valence-corrected chi connectivity index (χ4v) is 3.99. The van der Waals surface area contributed by atoms with Crippen molar-refractivity contribution in [3.05, 3.63) is 59.7 Å². The van der Waals surface area contributed by atoms with Crippen molar-refractivity contribution in [2.75, 3.05) is 6.61 Å². The number of carbonyl (C=O) groups is 3. The van der Waals surface area contributed by atoms with Gasteiger partial charge in [0, 0.05) is 12.0 Å². The number of aliphatic carboxylic acids is 1. The number of alkyl carbamates (subject to hydrolysis) is 1. The maximum absolute atomic E-state index is 12.4. The van der Waals surface area contributed by atoms with E-state index in [0.29, 0.717) is 6.42 Å². The second kappa shape index (κ2) is 10.1. The van der Waals surface area contributed by atoms with Crippen molar-refractivity contribution in [1.29, 1.82) is 0 Å². The zero-order valence-corrected chi connectivity index (χ0v) is 17.8. The zero-order valence-electron chi connectivity index (χ0n) is 17.8. The quantitative estimate of drug-likeness (QED) is 0.570. The first kappa shape index (κ1) is 22.3. The van der Waals surface area contributed by atoms with Crippen LogP contribution < -0.4 is 10.6 Å². The summed E-state index contributed by atoms with van der Waals surface area (Å²) in [5, 5.41) is 14.2. The normalized spacial score (nSPS) is 14.1. The molecule has 2 aromatic carbocycles. The molecule has 0 saturated carbocycles. The average Bonchev–Trinajstić information content (AvgIpc) is 3.06. The van der Waals surface area contributed by atoms with Gasteiger partial charge in [-0.3, -0.25) is 9.59 Å². The number of hydrogen-bond acceptors (Lipinski definition) is 4. The molecule has 1 aliphatic carbocycles. The summed E-state index contributed by atoms with van der Waals surface area (Å²) in [4.78, 5) is 35.6. The van der Waals surface area contributed by atoms with Crippen LogP contribution in [-0.2, 0) is 14.3 Å². The summed E-state index contributed by atoms with van der Waals surface area (Å²) in [6.45, 7) is 3.62. The van der Waals surface area contributed by atoms with E-state index in [-0.39, 0.29) is 18.9 Å². The molecule has 0 saturated heterocycles. The molecule has 2 aromatic rings. The van der Waals surface area contributed by atoms with Crippen LogP contribution in [0.25, 0.3) is 11.1 Å². The monoisotopic (exact) mass is 424 g/mol. The molecule has 0 fully saturated rings. The first-order valence-corrected chi connectivity index (χ1v) is 10.5. The predicted molar refractivity (Wildman–Crippen MR) is 117 cm³/mol. The summed E-state index contributed by atoms with van der Waals surface area (Å²) in [7, 11) is 0. The Kier molecular flexibility index (Phi) is 7.28. The Morgan fingerprint density at radius 2 is 1.58 bits per heavy atom. The van der Waals surface area contributed by atoms with Gasteiger partial charge < -0.3 is 20.5 Å². The minimum Gasteiger partial charge on any atom is -0.481 e. The molecule has 2 atom stereocenters. The van der Waals surface area contributed by atoms with Crippen molar-refractivity contribution < 1.29 is 24.2 Å². The third-order valence-corrected chi connectivity index (χ3v) is 5.48. The van der Waals surface area contributed by atoms with Crippen LogP contribution in [0.2, 0.25) is 0 Å². The molecule has 1 unspecified atom stereocenters. The molecule has 164 valence electrons. The van der Waals surface area contributed by atoms with Gasteiger partial charge in [-0.2, -0.15) is 0 Å². The number of carboxylic acid groups (broad SMARTS) is 1. The van der Waals surface area contributed by atoms with Crippen LogP contribution in [0.3, 0.4) is 0 Å². The first-order chi connectivity index (χ1) is 14.9. The van der Waals surface area contributed by atoms with Gasteiger partial charge in [0.25, 0.3) is 0 Å². The van der Waals surface area contributed by atoms with Crippen LogP contribution in [0.4, 0.5) is 4.79 Å². The fourth-order valence-electron chi connectivity index (χ4n) is 3.99. The second-order valence-corrected chi connectivity index (χ2v) is 7.78. The van der Waals surface area contributed by atoms with Crippen LogP contribution in [-0.4, -0.2) is 41.8 Å². The Balaban J connectivity index is 1.56. The van der Waals surface area contributed by atoms with Gasteiger partial charge in [-0.1, -0.05) is 61.9 Å². The molecule has 0 bridgehead atoms. The molecule has 7 heteroatoms. The van der Waals surface area contributed by atoms with Crippen molar-refractivity contribution in [2.24, 2.45) is 0 Å². The lowest BCUT2D eigenvalue weighted by molar-refractivity contribution is -0.137. The molecule has 31 heavy (non-hydrogen) atoms. The molecule has 0 radical (unpaired) electrons. The number of ether oxygens (including phenoxy) is 1. The topological polar surface area (TPSA) is 105 Å². The number of carboxylic acids is 1. The van der Waals surface area contributed by atoms with Gasteiger partial charge in [0.05, 0.1) is 6.42 Å². The first-order valence-electron chi connectivity index (χ1n) is 10.5. The summed E-state index contributed by atoms with van der Waals surface area (Å²) in [6, 6.07) is 14.8. The molecule has 0 spiro atoms. The number of amides is 2. The highest BCUT2D eigenvalue weighted by atomic mass is 16.5. The van der Waals surface area contributed by atoms with Crippen molar-refractivity contribution >= 4 is 18.0 Å². The minimum absolute atomic E-state index is 0.0632. The third kappa shape index (κ3) is 5.42. The molecular weight excluding hydrogens is 396 g/mol. The highest BCUT2D eigenvalue weighted by molar-refractivity contribution is 5.86. The Hall–Kier alpha value is -3.35. The van der Waals surface area contributed by atoms with Crippen LogP contribution in [0.5, 0.6) is 0 Å². The molecule has 2 amide bonds. The highest BCUT2D eigenvalue weighted by Gasteiger charge is 2.29. The van der Waals surface area contributed by atoms with Crippen molar-refractivity contribution in [2.45, 2.75) is 51.1 Å². The summed E-state index contributed by atoms with van der Waals surface area (Å²) < 4.78 is 5.45. The molecule has 1 aliphatic rings. The van der Waals surface area contributed by atoms with Gasteiger partial charge in [0.2, 0.25) is 5.91 Å².